The number of likely N-dealkylation sites (tertiary alicyclic amines) is 1. The Hall–Kier alpha value is -3.92. The molecule has 2 aromatic heterocycles. The Labute approximate surface area is 187 Å². The van der Waals surface area contributed by atoms with Crippen LogP contribution in [0.15, 0.2) is 55.0 Å². The molecule has 3 heterocycles. The van der Waals surface area contributed by atoms with E-state index in [2.05, 4.69) is 26.4 Å². The molecule has 0 spiro atoms. The van der Waals surface area contributed by atoms with Crippen LogP contribution in [-0.4, -0.2) is 51.5 Å². The number of aromatic amines is 1. The predicted molar refractivity (Wildman–Crippen MR) is 121 cm³/mol. The maximum absolute atomic E-state index is 13.3. The standard InChI is InChI=1S/C25H25N5O2/c1-3-11-27-24(32)25(10-13-30(17-25)23(31)22-16-28-29-18(22)2)14-19-7-4-5-9-21(19)20-8-6-12-26-15-20/h1,4-9,12,15-16H,10-11,13-14,17H2,2H3,(H,27,32)(H,28,29). The van der Waals surface area contributed by atoms with Gasteiger partial charge in [0.2, 0.25) is 5.91 Å². The molecule has 1 saturated heterocycles. The first-order chi connectivity index (χ1) is 15.5. The van der Waals surface area contributed by atoms with Gasteiger partial charge in [-0.2, -0.15) is 5.10 Å². The SMILES string of the molecule is C#CCNC(=O)C1(Cc2ccccc2-c2cccnc2)CCN(C(=O)c2cn[nH]c2C)C1. The zero-order chi connectivity index (χ0) is 22.6. The molecule has 4 rings (SSSR count). The van der Waals surface area contributed by atoms with Crippen molar-refractivity contribution in [2.24, 2.45) is 5.41 Å². The lowest BCUT2D eigenvalue weighted by atomic mass is 9.78. The third kappa shape index (κ3) is 4.12. The van der Waals surface area contributed by atoms with Crippen molar-refractivity contribution in [1.29, 1.82) is 0 Å². The van der Waals surface area contributed by atoms with E-state index in [0.717, 1.165) is 16.7 Å². The summed E-state index contributed by atoms with van der Waals surface area (Å²) >= 11 is 0. The lowest BCUT2D eigenvalue weighted by Gasteiger charge is -2.29. The molecule has 0 radical (unpaired) electrons. The summed E-state index contributed by atoms with van der Waals surface area (Å²) in [6.45, 7) is 2.77. The van der Waals surface area contributed by atoms with Crippen LogP contribution >= 0.6 is 0 Å². The average Bonchev–Trinajstić information content (AvgIpc) is 3.45. The Morgan fingerprint density at radius 3 is 2.81 bits per heavy atom. The molecule has 1 aromatic carbocycles. The number of aromatic nitrogens is 3. The third-order valence-corrected chi connectivity index (χ3v) is 6.05. The van der Waals surface area contributed by atoms with Crippen molar-refractivity contribution < 1.29 is 9.59 Å². The fraction of sp³-hybridized carbons (Fsp3) is 0.280. The number of carbonyl (C=O) groups excluding carboxylic acids is 2. The number of hydrogen-bond donors (Lipinski definition) is 2. The van der Waals surface area contributed by atoms with Crippen LogP contribution in [0.2, 0.25) is 0 Å². The zero-order valence-corrected chi connectivity index (χ0v) is 18.0. The Balaban J connectivity index is 1.66. The molecule has 162 valence electrons. The van der Waals surface area contributed by atoms with Crippen LogP contribution in [0.1, 0.15) is 28.0 Å². The molecule has 2 amide bonds. The van der Waals surface area contributed by atoms with Gasteiger partial charge in [0.1, 0.15) is 0 Å². The summed E-state index contributed by atoms with van der Waals surface area (Å²) in [7, 11) is 0. The summed E-state index contributed by atoms with van der Waals surface area (Å²) in [6, 6.07) is 11.9. The minimum absolute atomic E-state index is 0.122. The summed E-state index contributed by atoms with van der Waals surface area (Å²) in [4.78, 5) is 32.4. The normalized spacial score (nSPS) is 17.7. The molecule has 1 aliphatic rings. The maximum atomic E-state index is 13.3. The molecule has 7 nitrogen and oxygen atoms in total. The van der Waals surface area contributed by atoms with E-state index in [1.54, 1.807) is 11.1 Å². The second-order valence-electron chi connectivity index (χ2n) is 8.13. The Morgan fingerprint density at radius 1 is 1.25 bits per heavy atom. The van der Waals surface area contributed by atoms with E-state index in [9.17, 15) is 9.59 Å². The van der Waals surface area contributed by atoms with Gasteiger partial charge in [-0.15, -0.1) is 6.42 Å². The molecule has 1 fully saturated rings. The summed E-state index contributed by atoms with van der Waals surface area (Å²) < 4.78 is 0. The first-order valence-electron chi connectivity index (χ1n) is 10.5. The van der Waals surface area contributed by atoms with Crippen LogP contribution in [0.4, 0.5) is 0 Å². The van der Waals surface area contributed by atoms with E-state index in [4.69, 9.17) is 6.42 Å². The Bertz CT molecular complexity index is 1160. The molecular formula is C25H25N5O2. The quantitative estimate of drug-likeness (QED) is 0.592. The number of pyridine rings is 1. The molecule has 32 heavy (non-hydrogen) atoms. The number of aryl methyl sites for hydroxylation is 1. The number of benzene rings is 1. The first kappa shape index (κ1) is 21.3. The highest BCUT2D eigenvalue weighted by atomic mass is 16.2. The fourth-order valence-corrected chi connectivity index (χ4v) is 4.35. The van der Waals surface area contributed by atoms with E-state index < -0.39 is 5.41 Å². The van der Waals surface area contributed by atoms with Gasteiger partial charge in [0.15, 0.2) is 0 Å². The molecule has 3 aromatic rings. The van der Waals surface area contributed by atoms with Crippen LogP contribution in [0.3, 0.4) is 0 Å². The largest absolute Gasteiger partial charge is 0.345 e. The summed E-state index contributed by atoms with van der Waals surface area (Å²) in [5.41, 5.74) is 3.52. The molecule has 1 aliphatic heterocycles. The van der Waals surface area contributed by atoms with Crippen molar-refractivity contribution in [3.63, 3.8) is 0 Å². The first-order valence-corrected chi connectivity index (χ1v) is 10.5. The highest BCUT2D eigenvalue weighted by Crippen LogP contribution is 2.38. The molecule has 0 bridgehead atoms. The molecule has 1 unspecified atom stereocenters. The van der Waals surface area contributed by atoms with Gasteiger partial charge in [-0.1, -0.05) is 36.3 Å². The van der Waals surface area contributed by atoms with E-state index >= 15 is 0 Å². The number of hydrogen-bond acceptors (Lipinski definition) is 4. The van der Waals surface area contributed by atoms with E-state index in [1.165, 1.54) is 6.20 Å². The molecule has 1 atom stereocenters. The van der Waals surface area contributed by atoms with Gasteiger partial charge in [-0.3, -0.25) is 19.7 Å². The van der Waals surface area contributed by atoms with Gasteiger partial charge in [0.25, 0.3) is 5.91 Å². The maximum Gasteiger partial charge on any atom is 0.257 e. The van der Waals surface area contributed by atoms with E-state index in [-0.39, 0.29) is 18.4 Å². The van der Waals surface area contributed by atoms with Gasteiger partial charge in [-0.05, 0) is 37.0 Å². The summed E-state index contributed by atoms with van der Waals surface area (Å²) in [6.07, 6.45) is 11.5. The van der Waals surface area contributed by atoms with Crippen LogP contribution in [0, 0.1) is 24.7 Å². The second kappa shape index (κ2) is 9.06. The minimum Gasteiger partial charge on any atom is -0.345 e. The second-order valence-corrected chi connectivity index (χ2v) is 8.13. The number of rotatable bonds is 6. The number of terminal acetylenes is 1. The summed E-state index contributed by atoms with van der Waals surface area (Å²) in [5, 5.41) is 9.62. The fourth-order valence-electron chi connectivity index (χ4n) is 4.35. The van der Waals surface area contributed by atoms with Gasteiger partial charge in [0, 0.05) is 36.7 Å². The molecule has 0 saturated carbocycles. The van der Waals surface area contributed by atoms with Gasteiger partial charge < -0.3 is 10.2 Å². The zero-order valence-electron chi connectivity index (χ0n) is 18.0. The lowest BCUT2D eigenvalue weighted by molar-refractivity contribution is -0.130. The van der Waals surface area contributed by atoms with Crippen molar-refractivity contribution in [3.05, 3.63) is 71.8 Å². The number of carbonyl (C=O) groups is 2. The van der Waals surface area contributed by atoms with Crippen molar-refractivity contribution in [2.75, 3.05) is 19.6 Å². The highest BCUT2D eigenvalue weighted by molar-refractivity contribution is 5.96. The van der Waals surface area contributed by atoms with Crippen molar-refractivity contribution in [1.82, 2.24) is 25.4 Å². The van der Waals surface area contributed by atoms with Crippen LogP contribution in [-0.2, 0) is 11.2 Å². The lowest BCUT2D eigenvalue weighted by Crippen LogP contribution is -2.45. The Kier molecular flexibility index (Phi) is 6.04. The van der Waals surface area contributed by atoms with Crippen molar-refractivity contribution in [3.8, 4) is 23.5 Å². The number of amides is 2. The van der Waals surface area contributed by atoms with Gasteiger partial charge in [0.05, 0.1) is 23.7 Å². The average molecular weight is 428 g/mol. The molecular weight excluding hydrogens is 402 g/mol. The minimum atomic E-state index is -0.775. The Morgan fingerprint density at radius 2 is 2.09 bits per heavy atom. The van der Waals surface area contributed by atoms with Crippen LogP contribution < -0.4 is 5.32 Å². The van der Waals surface area contributed by atoms with Crippen LogP contribution in [0.5, 0.6) is 0 Å². The van der Waals surface area contributed by atoms with Crippen molar-refractivity contribution >= 4 is 11.8 Å². The molecule has 7 heteroatoms. The van der Waals surface area contributed by atoms with Gasteiger partial charge in [-0.25, -0.2) is 0 Å². The monoisotopic (exact) mass is 427 g/mol. The molecule has 2 N–H and O–H groups in total. The smallest absolute Gasteiger partial charge is 0.257 e. The van der Waals surface area contributed by atoms with E-state index in [0.29, 0.717) is 37.2 Å². The van der Waals surface area contributed by atoms with Crippen LogP contribution in [0.25, 0.3) is 11.1 Å². The molecule has 0 aliphatic carbocycles. The third-order valence-electron chi connectivity index (χ3n) is 6.05. The number of H-pyrrole nitrogens is 1. The highest BCUT2D eigenvalue weighted by Gasteiger charge is 2.46. The van der Waals surface area contributed by atoms with Gasteiger partial charge >= 0.3 is 0 Å². The van der Waals surface area contributed by atoms with E-state index in [1.807, 2.05) is 49.5 Å². The van der Waals surface area contributed by atoms with Crippen molar-refractivity contribution in [2.45, 2.75) is 19.8 Å². The summed E-state index contributed by atoms with van der Waals surface area (Å²) in [5.74, 6) is 2.22. The number of nitrogens with one attached hydrogen (secondary N) is 2. The topological polar surface area (TPSA) is 91.0 Å². The predicted octanol–water partition coefficient (Wildman–Crippen LogP) is 2.60. The number of nitrogens with zero attached hydrogens (tertiary/aromatic N) is 3.